The second-order valence-electron chi connectivity index (χ2n) is 11.2. The van der Waals surface area contributed by atoms with E-state index in [1.807, 2.05) is 42.8 Å². The molecule has 0 bridgehead atoms. The number of anilines is 1. The topological polar surface area (TPSA) is 112 Å². The number of aliphatic carboxylic acids is 1. The molecular weight excluding hydrogens is 504 g/mol. The number of carbonyl (C=O) groups excluding carboxylic acids is 1. The summed E-state index contributed by atoms with van der Waals surface area (Å²) >= 11 is 0. The molecule has 3 aromatic rings. The Labute approximate surface area is 236 Å². The minimum absolute atomic E-state index is 0.0588. The van der Waals surface area contributed by atoms with Crippen molar-refractivity contribution in [1.29, 1.82) is 0 Å². The van der Waals surface area contributed by atoms with E-state index in [4.69, 9.17) is 4.98 Å². The number of carbonyl (C=O) groups is 2. The molecule has 2 aliphatic heterocycles. The van der Waals surface area contributed by atoms with Gasteiger partial charge in [0.2, 0.25) is 5.91 Å². The van der Waals surface area contributed by atoms with Crippen LogP contribution in [0.2, 0.25) is 0 Å². The lowest BCUT2D eigenvalue weighted by molar-refractivity contribution is -0.138. The summed E-state index contributed by atoms with van der Waals surface area (Å²) in [4.78, 5) is 32.4. The van der Waals surface area contributed by atoms with Gasteiger partial charge in [-0.25, -0.2) is 9.67 Å². The lowest BCUT2D eigenvalue weighted by Gasteiger charge is -2.32. The van der Waals surface area contributed by atoms with Gasteiger partial charge in [-0.1, -0.05) is 18.2 Å². The Kier molecular flexibility index (Phi) is 8.79. The molecule has 1 unspecified atom stereocenters. The maximum absolute atomic E-state index is 13.1. The highest BCUT2D eigenvalue weighted by Gasteiger charge is 2.28. The van der Waals surface area contributed by atoms with Crippen molar-refractivity contribution in [3.63, 3.8) is 0 Å². The fourth-order valence-electron chi connectivity index (χ4n) is 5.92. The summed E-state index contributed by atoms with van der Waals surface area (Å²) in [7, 11) is 0. The number of nitrogens with one attached hydrogen (secondary N) is 2. The smallest absolute Gasteiger partial charge is 0.312 e. The Bertz CT molecular complexity index is 1350. The Morgan fingerprint density at radius 1 is 1.18 bits per heavy atom. The molecule has 0 saturated carbocycles. The van der Waals surface area contributed by atoms with Crippen molar-refractivity contribution in [2.45, 2.75) is 58.3 Å². The number of likely N-dealkylation sites (tertiary alicyclic amines) is 1. The zero-order valence-corrected chi connectivity index (χ0v) is 23.5. The number of carboxylic acids is 1. The number of aryl methyl sites for hydroxylation is 4. The van der Waals surface area contributed by atoms with Gasteiger partial charge in [0.1, 0.15) is 5.82 Å². The maximum atomic E-state index is 13.1. The lowest BCUT2D eigenvalue weighted by atomic mass is 9.95. The Hall–Kier alpha value is -3.72. The highest BCUT2D eigenvalue weighted by atomic mass is 16.4. The molecule has 2 aliphatic rings. The number of nitrogens with zero attached hydrogens (tertiary/aromatic N) is 4. The second-order valence-corrected chi connectivity index (χ2v) is 11.2. The average molecular weight is 545 g/mol. The summed E-state index contributed by atoms with van der Waals surface area (Å²) in [5.74, 6) is -0.943. The van der Waals surface area contributed by atoms with Crippen molar-refractivity contribution in [2.75, 3.05) is 38.0 Å². The number of benzene rings is 1. The number of carboxylic acid groups (broad SMARTS) is 1. The SMILES string of the molecule is Cc1cc(C)n(-c2cccc(C(CNC(=O)[C@@H]3CCCN(CCCc4ccc5c(n4)NCCC5)C3)C(=O)O)c2)n1. The Balaban J connectivity index is 1.13. The van der Waals surface area contributed by atoms with Gasteiger partial charge < -0.3 is 20.6 Å². The van der Waals surface area contributed by atoms with Crippen molar-refractivity contribution < 1.29 is 14.7 Å². The molecular formula is C31H40N6O3. The number of hydrogen-bond acceptors (Lipinski definition) is 6. The second kappa shape index (κ2) is 12.6. The summed E-state index contributed by atoms with van der Waals surface area (Å²) in [5, 5.41) is 20.8. The van der Waals surface area contributed by atoms with Crippen molar-refractivity contribution in [1.82, 2.24) is 25.0 Å². The largest absolute Gasteiger partial charge is 0.481 e. The number of pyridine rings is 1. The van der Waals surface area contributed by atoms with Crippen LogP contribution in [0.5, 0.6) is 0 Å². The van der Waals surface area contributed by atoms with Crippen LogP contribution in [-0.2, 0) is 22.4 Å². The van der Waals surface area contributed by atoms with Crippen molar-refractivity contribution in [3.8, 4) is 5.69 Å². The number of amides is 1. The van der Waals surface area contributed by atoms with E-state index in [0.29, 0.717) is 12.1 Å². The fourth-order valence-corrected chi connectivity index (χ4v) is 5.92. The third-order valence-electron chi connectivity index (χ3n) is 8.04. The van der Waals surface area contributed by atoms with Gasteiger partial charge in [-0.3, -0.25) is 9.59 Å². The predicted octanol–water partition coefficient (Wildman–Crippen LogP) is 3.87. The molecule has 3 N–H and O–H groups in total. The fraction of sp³-hybridized carbons (Fsp3) is 0.484. The van der Waals surface area contributed by atoms with Crippen LogP contribution in [0.3, 0.4) is 0 Å². The minimum atomic E-state index is -0.956. The number of aromatic nitrogens is 3. The van der Waals surface area contributed by atoms with Gasteiger partial charge in [0.15, 0.2) is 0 Å². The van der Waals surface area contributed by atoms with Crippen LogP contribution in [0.15, 0.2) is 42.5 Å². The van der Waals surface area contributed by atoms with E-state index >= 15 is 0 Å². The molecule has 9 heteroatoms. The maximum Gasteiger partial charge on any atom is 0.312 e. The van der Waals surface area contributed by atoms with Crippen LogP contribution in [0.4, 0.5) is 5.82 Å². The van der Waals surface area contributed by atoms with Gasteiger partial charge in [0.25, 0.3) is 0 Å². The van der Waals surface area contributed by atoms with Crippen molar-refractivity contribution >= 4 is 17.7 Å². The van der Waals surface area contributed by atoms with E-state index < -0.39 is 11.9 Å². The molecule has 40 heavy (non-hydrogen) atoms. The highest BCUT2D eigenvalue weighted by Crippen LogP contribution is 2.23. The van der Waals surface area contributed by atoms with Gasteiger partial charge in [-0.15, -0.1) is 0 Å². The third-order valence-corrected chi connectivity index (χ3v) is 8.04. The predicted molar refractivity (Wildman–Crippen MR) is 155 cm³/mol. The summed E-state index contributed by atoms with van der Waals surface area (Å²) < 4.78 is 1.81. The standard InChI is InChI=1S/C31H40N6O3/c1-21-17-22(2)37(35-21)27-11-3-7-24(18-27)28(31(39)40)19-33-30(38)25-9-5-15-36(20-25)16-6-10-26-13-12-23-8-4-14-32-29(23)34-26/h3,7,11-13,17-18,25,28H,4-6,8-10,14-16,19-20H2,1-2H3,(H,32,34)(H,33,38)(H,39,40)/t25-,28?/m1/s1. The molecule has 9 nitrogen and oxygen atoms in total. The van der Waals surface area contributed by atoms with Crippen LogP contribution in [0.25, 0.3) is 5.69 Å². The number of fused-ring (bicyclic) bond motifs is 1. The molecule has 1 aromatic carbocycles. The van der Waals surface area contributed by atoms with Crippen LogP contribution >= 0.6 is 0 Å². The quantitative estimate of drug-likeness (QED) is 0.355. The molecule has 2 atom stereocenters. The molecule has 2 aromatic heterocycles. The molecule has 0 aliphatic carbocycles. The van der Waals surface area contributed by atoms with Crippen LogP contribution in [-0.4, -0.2) is 69.4 Å². The van der Waals surface area contributed by atoms with E-state index in [1.54, 1.807) is 6.07 Å². The zero-order chi connectivity index (χ0) is 28.1. The van der Waals surface area contributed by atoms with Gasteiger partial charge in [0, 0.05) is 31.0 Å². The van der Waals surface area contributed by atoms with Crippen molar-refractivity contribution in [3.05, 3.63) is 70.7 Å². The van der Waals surface area contributed by atoms with Crippen molar-refractivity contribution in [2.24, 2.45) is 5.92 Å². The first-order chi connectivity index (χ1) is 19.4. The molecule has 212 valence electrons. The third kappa shape index (κ3) is 6.70. The van der Waals surface area contributed by atoms with E-state index in [2.05, 4.69) is 32.8 Å². The first-order valence-corrected chi connectivity index (χ1v) is 14.5. The molecule has 1 fully saturated rings. The molecule has 1 saturated heterocycles. The first kappa shape index (κ1) is 27.8. The monoisotopic (exact) mass is 544 g/mol. The first-order valence-electron chi connectivity index (χ1n) is 14.5. The zero-order valence-electron chi connectivity index (χ0n) is 23.5. The summed E-state index contributed by atoms with van der Waals surface area (Å²) in [6.07, 6.45) is 5.95. The van der Waals surface area contributed by atoms with Crippen LogP contribution in [0.1, 0.15) is 59.8 Å². The number of piperidine rings is 1. The van der Waals surface area contributed by atoms with Crippen LogP contribution < -0.4 is 10.6 Å². The highest BCUT2D eigenvalue weighted by molar-refractivity contribution is 5.81. The normalized spacial score (nSPS) is 18.0. The molecule has 4 heterocycles. The van der Waals surface area contributed by atoms with E-state index in [1.165, 1.54) is 5.56 Å². The average Bonchev–Trinajstić information content (AvgIpc) is 3.30. The van der Waals surface area contributed by atoms with Gasteiger partial charge in [-0.05, 0) is 101 Å². The lowest BCUT2D eigenvalue weighted by Crippen LogP contribution is -2.44. The molecule has 5 rings (SSSR count). The summed E-state index contributed by atoms with van der Waals surface area (Å²) in [6, 6.07) is 13.7. The van der Waals surface area contributed by atoms with E-state index in [-0.39, 0.29) is 18.4 Å². The van der Waals surface area contributed by atoms with Gasteiger partial charge >= 0.3 is 5.97 Å². The van der Waals surface area contributed by atoms with Gasteiger partial charge in [-0.2, -0.15) is 5.10 Å². The minimum Gasteiger partial charge on any atom is -0.481 e. The molecule has 0 radical (unpaired) electrons. The molecule has 1 amide bonds. The van der Waals surface area contributed by atoms with E-state index in [9.17, 15) is 14.7 Å². The Morgan fingerprint density at radius 3 is 2.85 bits per heavy atom. The van der Waals surface area contributed by atoms with Crippen LogP contribution in [0, 0.1) is 19.8 Å². The number of hydrogen-bond donors (Lipinski definition) is 3. The molecule has 0 spiro atoms. The van der Waals surface area contributed by atoms with E-state index in [0.717, 1.165) is 86.7 Å². The van der Waals surface area contributed by atoms with Gasteiger partial charge in [0.05, 0.1) is 23.2 Å². The Morgan fingerprint density at radius 2 is 2.05 bits per heavy atom. The summed E-state index contributed by atoms with van der Waals surface area (Å²) in [5.41, 5.74) is 5.76. The summed E-state index contributed by atoms with van der Waals surface area (Å²) in [6.45, 7) is 7.56. The number of rotatable bonds is 10.